The SMILES string of the molecule is O=C(CSCc1nc2ccsc2c(=O)[nH]1)NC1CC1. The molecule has 19 heavy (non-hydrogen) atoms. The number of carbonyl (C=O) groups is 1. The van der Waals surface area contributed by atoms with Crippen molar-refractivity contribution in [2.75, 3.05) is 5.75 Å². The Morgan fingerprint density at radius 3 is 3.21 bits per heavy atom. The Morgan fingerprint density at radius 1 is 1.58 bits per heavy atom. The summed E-state index contributed by atoms with van der Waals surface area (Å²) in [5.41, 5.74) is 0.629. The highest BCUT2D eigenvalue weighted by atomic mass is 32.2. The van der Waals surface area contributed by atoms with Crippen LogP contribution in [0.1, 0.15) is 18.7 Å². The number of rotatable bonds is 5. The molecule has 1 aliphatic carbocycles. The summed E-state index contributed by atoms with van der Waals surface area (Å²) in [6, 6.07) is 2.23. The van der Waals surface area contributed by atoms with Crippen LogP contribution in [0.3, 0.4) is 0 Å². The predicted molar refractivity (Wildman–Crippen MR) is 77.6 cm³/mol. The van der Waals surface area contributed by atoms with E-state index in [1.165, 1.54) is 23.1 Å². The van der Waals surface area contributed by atoms with Crippen LogP contribution < -0.4 is 10.9 Å². The highest BCUT2D eigenvalue weighted by molar-refractivity contribution is 7.99. The third-order valence-corrected chi connectivity index (χ3v) is 4.62. The molecular weight excluding hydrogens is 282 g/mol. The third kappa shape index (κ3) is 3.16. The van der Waals surface area contributed by atoms with Gasteiger partial charge in [-0.3, -0.25) is 9.59 Å². The van der Waals surface area contributed by atoms with Crippen LogP contribution in [0.5, 0.6) is 0 Å². The zero-order valence-corrected chi connectivity index (χ0v) is 11.8. The van der Waals surface area contributed by atoms with E-state index >= 15 is 0 Å². The number of hydrogen-bond donors (Lipinski definition) is 2. The van der Waals surface area contributed by atoms with E-state index in [2.05, 4.69) is 15.3 Å². The topological polar surface area (TPSA) is 74.8 Å². The second-order valence-electron chi connectivity index (χ2n) is 4.48. The smallest absolute Gasteiger partial charge is 0.268 e. The van der Waals surface area contributed by atoms with Crippen LogP contribution in [0.25, 0.3) is 10.2 Å². The lowest BCUT2D eigenvalue weighted by atomic mass is 10.4. The highest BCUT2D eigenvalue weighted by Crippen LogP contribution is 2.19. The van der Waals surface area contributed by atoms with E-state index < -0.39 is 0 Å². The maximum Gasteiger partial charge on any atom is 0.268 e. The average Bonchev–Trinajstić information content (AvgIpc) is 3.04. The van der Waals surface area contributed by atoms with Crippen molar-refractivity contribution in [2.45, 2.75) is 24.6 Å². The molecule has 0 radical (unpaired) electrons. The number of nitrogens with one attached hydrogen (secondary N) is 2. The normalized spacial score (nSPS) is 14.7. The molecule has 0 bridgehead atoms. The summed E-state index contributed by atoms with van der Waals surface area (Å²) in [5.74, 6) is 1.63. The molecule has 1 amide bonds. The Kier molecular flexibility index (Phi) is 3.56. The zero-order valence-electron chi connectivity index (χ0n) is 10.1. The summed E-state index contributed by atoms with van der Waals surface area (Å²) >= 11 is 2.85. The molecule has 7 heteroatoms. The number of fused-ring (bicyclic) bond motifs is 1. The minimum atomic E-state index is -0.0990. The van der Waals surface area contributed by atoms with Crippen LogP contribution in [0.4, 0.5) is 0 Å². The molecule has 0 spiro atoms. The molecule has 0 saturated heterocycles. The van der Waals surface area contributed by atoms with E-state index in [0.29, 0.717) is 28.1 Å². The lowest BCUT2D eigenvalue weighted by Gasteiger charge is -2.03. The van der Waals surface area contributed by atoms with Crippen molar-refractivity contribution >= 4 is 39.2 Å². The van der Waals surface area contributed by atoms with Crippen LogP contribution in [0.2, 0.25) is 0 Å². The van der Waals surface area contributed by atoms with E-state index in [-0.39, 0.29) is 11.5 Å². The lowest BCUT2D eigenvalue weighted by molar-refractivity contribution is -0.118. The number of nitrogens with zero attached hydrogens (tertiary/aromatic N) is 1. The first-order chi connectivity index (χ1) is 9.22. The predicted octanol–water partition coefficient (Wildman–Crippen LogP) is 1.50. The molecule has 1 aliphatic rings. The standard InChI is InChI=1S/C12H13N3O2S2/c16-10(13-7-1-2-7)6-18-5-9-14-8-3-4-19-11(8)12(17)15-9/h3-4,7H,1-2,5-6H2,(H,13,16)(H,14,15,17). The fourth-order valence-corrected chi connectivity index (χ4v) is 3.15. The van der Waals surface area contributed by atoms with Gasteiger partial charge in [0.1, 0.15) is 10.5 Å². The Hall–Kier alpha value is -1.34. The average molecular weight is 295 g/mol. The van der Waals surface area contributed by atoms with Crippen molar-refractivity contribution in [3.63, 3.8) is 0 Å². The minimum Gasteiger partial charge on any atom is -0.353 e. The van der Waals surface area contributed by atoms with Gasteiger partial charge in [0.15, 0.2) is 0 Å². The van der Waals surface area contributed by atoms with Crippen molar-refractivity contribution in [3.05, 3.63) is 27.6 Å². The van der Waals surface area contributed by atoms with Gasteiger partial charge in [-0.25, -0.2) is 4.98 Å². The van der Waals surface area contributed by atoms with Crippen molar-refractivity contribution in [1.82, 2.24) is 15.3 Å². The van der Waals surface area contributed by atoms with Crippen LogP contribution in [0, 0.1) is 0 Å². The van der Waals surface area contributed by atoms with Crippen molar-refractivity contribution in [2.24, 2.45) is 0 Å². The van der Waals surface area contributed by atoms with E-state index in [9.17, 15) is 9.59 Å². The van der Waals surface area contributed by atoms with Gasteiger partial charge in [-0.15, -0.1) is 23.1 Å². The number of carbonyl (C=O) groups excluding carboxylic acids is 1. The summed E-state index contributed by atoms with van der Waals surface area (Å²) in [7, 11) is 0. The molecule has 2 aromatic rings. The van der Waals surface area contributed by atoms with Crippen LogP contribution in [-0.2, 0) is 10.5 Å². The second kappa shape index (κ2) is 5.34. The molecule has 100 valence electrons. The number of thiophene rings is 1. The molecule has 2 heterocycles. The number of amides is 1. The number of aromatic nitrogens is 2. The fraction of sp³-hybridized carbons (Fsp3) is 0.417. The van der Waals surface area contributed by atoms with Gasteiger partial charge in [-0.05, 0) is 24.3 Å². The van der Waals surface area contributed by atoms with E-state index in [1.807, 2.05) is 11.4 Å². The summed E-state index contributed by atoms with van der Waals surface area (Å²) in [6.45, 7) is 0. The van der Waals surface area contributed by atoms with E-state index in [1.54, 1.807) is 0 Å². The molecule has 0 aromatic carbocycles. The molecule has 2 aromatic heterocycles. The lowest BCUT2D eigenvalue weighted by Crippen LogP contribution is -2.27. The highest BCUT2D eigenvalue weighted by Gasteiger charge is 2.22. The fourth-order valence-electron chi connectivity index (χ4n) is 1.73. The molecule has 5 nitrogen and oxygen atoms in total. The first-order valence-corrected chi connectivity index (χ1v) is 8.09. The van der Waals surface area contributed by atoms with Gasteiger partial charge < -0.3 is 10.3 Å². The van der Waals surface area contributed by atoms with Gasteiger partial charge >= 0.3 is 0 Å². The first-order valence-electron chi connectivity index (χ1n) is 6.06. The largest absolute Gasteiger partial charge is 0.353 e. The summed E-state index contributed by atoms with van der Waals surface area (Å²) in [5, 5.41) is 4.78. The molecule has 2 N–H and O–H groups in total. The van der Waals surface area contributed by atoms with Gasteiger partial charge in [0.2, 0.25) is 5.91 Å². The van der Waals surface area contributed by atoms with E-state index in [0.717, 1.165) is 18.4 Å². The summed E-state index contributed by atoms with van der Waals surface area (Å²) < 4.78 is 0.653. The maximum atomic E-state index is 11.7. The Morgan fingerprint density at radius 2 is 2.42 bits per heavy atom. The van der Waals surface area contributed by atoms with Crippen molar-refractivity contribution < 1.29 is 4.79 Å². The van der Waals surface area contributed by atoms with Crippen LogP contribution in [-0.4, -0.2) is 27.7 Å². The summed E-state index contributed by atoms with van der Waals surface area (Å²) in [4.78, 5) is 30.4. The van der Waals surface area contributed by atoms with E-state index in [4.69, 9.17) is 0 Å². The van der Waals surface area contributed by atoms with Crippen molar-refractivity contribution in [1.29, 1.82) is 0 Å². The molecule has 1 fully saturated rings. The molecule has 0 unspecified atom stereocenters. The molecule has 3 rings (SSSR count). The molecule has 1 saturated carbocycles. The zero-order chi connectivity index (χ0) is 13.2. The Labute approximate surface area is 117 Å². The third-order valence-electron chi connectivity index (χ3n) is 2.78. The van der Waals surface area contributed by atoms with Gasteiger partial charge in [0.25, 0.3) is 5.56 Å². The molecule has 0 atom stereocenters. The Balaban J connectivity index is 1.58. The van der Waals surface area contributed by atoms with Crippen LogP contribution >= 0.6 is 23.1 Å². The molecular formula is C12H13N3O2S2. The second-order valence-corrected chi connectivity index (χ2v) is 6.38. The van der Waals surface area contributed by atoms with Gasteiger partial charge in [-0.2, -0.15) is 0 Å². The van der Waals surface area contributed by atoms with Gasteiger partial charge in [0.05, 0.1) is 17.0 Å². The quantitative estimate of drug-likeness (QED) is 0.876. The van der Waals surface area contributed by atoms with Gasteiger partial charge in [-0.1, -0.05) is 0 Å². The van der Waals surface area contributed by atoms with Gasteiger partial charge in [0, 0.05) is 6.04 Å². The number of aromatic amines is 1. The summed E-state index contributed by atoms with van der Waals surface area (Å²) in [6.07, 6.45) is 2.19. The number of thioether (sulfide) groups is 1. The first kappa shape index (κ1) is 12.7. The number of hydrogen-bond acceptors (Lipinski definition) is 5. The van der Waals surface area contributed by atoms with Crippen LogP contribution in [0.15, 0.2) is 16.2 Å². The maximum absolute atomic E-state index is 11.7. The number of H-pyrrole nitrogens is 1. The molecule has 0 aliphatic heterocycles. The Bertz CT molecular complexity index is 660. The monoisotopic (exact) mass is 295 g/mol. The minimum absolute atomic E-state index is 0.0615. The van der Waals surface area contributed by atoms with Crippen molar-refractivity contribution in [3.8, 4) is 0 Å².